The van der Waals surface area contributed by atoms with Gasteiger partial charge in [0.25, 0.3) is 5.56 Å². The molecule has 0 amide bonds. The topological polar surface area (TPSA) is 67.8 Å². The summed E-state index contributed by atoms with van der Waals surface area (Å²) in [5, 5.41) is 1.85. The molecule has 0 saturated carbocycles. The molecule has 0 spiro atoms. The van der Waals surface area contributed by atoms with Crippen molar-refractivity contribution in [2.45, 2.75) is 26.8 Å². The highest BCUT2D eigenvalue weighted by atomic mass is 35.5. The normalized spacial score (nSPS) is 11.4. The van der Waals surface area contributed by atoms with Crippen LogP contribution >= 0.6 is 11.6 Å². The van der Waals surface area contributed by atoms with Crippen LogP contribution in [0.4, 0.5) is 4.39 Å². The number of carbonyl (C=O) groups is 1. The van der Waals surface area contributed by atoms with E-state index >= 15 is 0 Å². The number of rotatable bonds is 5. The van der Waals surface area contributed by atoms with Gasteiger partial charge in [-0.1, -0.05) is 36.7 Å². The number of aryl methyl sites for hydroxylation is 1. The minimum atomic E-state index is -0.361. The highest BCUT2D eigenvalue weighted by Crippen LogP contribution is 2.36. The fraction of sp³-hybridized carbons (Fsp3) is 0.148. The van der Waals surface area contributed by atoms with Crippen LogP contribution in [0.2, 0.25) is 5.15 Å². The molecule has 0 fully saturated rings. The number of para-hydroxylation sites is 1. The van der Waals surface area contributed by atoms with Gasteiger partial charge >= 0.3 is 0 Å². The molecule has 1 N–H and O–H groups in total. The highest BCUT2D eigenvalue weighted by Gasteiger charge is 2.25. The van der Waals surface area contributed by atoms with E-state index in [1.807, 2.05) is 37.3 Å². The maximum absolute atomic E-state index is 14.9. The molecule has 5 nitrogen and oxygen atoms in total. The fourth-order valence-electron chi connectivity index (χ4n) is 4.52. The standard InChI is InChI=1S/C27H21ClFN3O2/c1-3-16-12-20-23(13-21(16)29)32(14-18-11-17-7-4-5-9-22(17)31-26(18)28)25(15(2)33)24(20)19-8-6-10-30-27(19)34/h4-13H,3,14H2,1-2H3,(H,30,34). The van der Waals surface area contributed by atoms with Crippen molar-refractivity contribution < 1.29 is 9.18 Å². The van der Waals surface area contributed by atoms with Crippen LogP contribution < -0.4 is 5.56 Å². The predicted molar refractivity (Wildman–Crippen MR) is 133 cm³/mol. The molecule has 3 aromatic heterocycles. The van der Waals surface area contributed by atoms with Gasteiger partial charge in [0.15, 0.2) is 5.78 Å². The van der Waals surface area contributed by atoms with E-state index in [-0.39, 0.29) is 23.7 Å². The molecule has 0 unspecified atom stereocenters. The number of aromatic amines is 1. The lowest BCUT2D eigenvalue weighted by Gasteiger charge is -2.12. The number of hydrogen-bond donors (Lipinski definition) is 1. The molecule has 0 aliphatic rings. The second kappa shape index (κ2) is 8.54. The van der Waals surface area contributed by atoms with Crippen LogP contribution in [0.1, 0.15) is 35.5 Å². The van der Waals surface area contributed by atoms with Gasteiger partial charge in [-0.15, -0.1) is 0 Å². The first kappa shape index (κ1) is 22.0. The highest BCUT2D eigenvalue weighted by molar-refractivity contribution is 6.30. The number of H-pyrrole nitrogens is 1. The molecule has 0 aliphatic heterocycles. The monoisotopic (exact) mass is 473 g/mol. The van der Waals surface area contributed by atoms with Gasteiger partial charge in [-0.2, -0.15) is 0 Å². The zero-order valence-electron chi connectivity index (χ0n) is 18.7. The van der Waals surface area contributed by atoms with E-state index in [9.17, 15) is 14.0 Å². The summed E-state index contributed by atoms with van der Waals surface area (Å²) in [7, 11) is 0. The van der Waals surface area contributed by atoms with Gasteiger partial charge < -0.3 is 9.55 Å². The molecule has 0 atom stereocenters. The smallest absolute Gasteiger partial charge is 0.255 e. The molecule has 170 valence electrons. The SMILES string of the molecule is CCc1cc2c(-c3ccc[nH]c3=O)c(C(C)=O)n(Cc3cc4ccccc4nc3Cl)c2cc1F. The third kappa shape index (κ3) is 3.60. The van der Waals surface area contributed by atoms with E-state index in [2.05, 4.69) is 9.97 Å². The molecule has 0 saturated heterocycles. The van der Waals surface area contributed by atoms with Gasteiger partial charge in [0.1, 0.15) is 11.0 Å². The molecule has 2 aromatic carbocycles. The fourth-order valence-corrected chi connectivity index (χ4v) is 4.73. The van der Waals surface area contributed by atoms with Crippen molar-refractivity contribution in [2.24, 2.45) is 0 Å². The lowest BCUT2D eigenvalue weighted by Crippen LogP contribution is -2.12. The van der Waals surface area contributed by atoms with Crippen LogP contribution in [-0.2, 0) is 13.0 Å². The first-order chi connectivity index (χ1) is 16.4. The number of carbonyl (C=O) groups excluding carboxylic acids is 1. The average molecular weight is 474 g/mol. The second-order valence-electron chi connectivity index (χ2n) is 8.22. The van der Waals surface area contributed by atoms with Crippen molar-refractivity contribution >= 4 is 39.2 Å². The van der Waals surface area contributed by atoms with Crippen molar-refractivity contribution in [3.8, 4) is 11.1 Å². The number of ketones is 1. The first-order valence-corrected chi connectivity index (χ1v) is 11.3. The van der Waals surface area contributed by atoms with Crippen LogP contribution in [0.15, 0.2) is 65.6 Å². The Labute approximate surface area is 199 Å². The minimum absolute atomic E-state index is 0.192. The van der Waals surface area contributed by atoms with Crippen molar-refractivity contribution in [3.63, 3.8) is 0 Å². The Morgan fingerprint density at radius 1 is 1.12 bits per heavy atom. The Morgan fingerprint density at radius 2 is 1.91 bits per heavy atom. The number of aromatic nitrogens is 3. The van der Waals surface area contributed by atoms with Crippen LogP contribution in [0, 0.1) is 5.82 Å². The Kier molecular flexibility index (Phi) is 5.54. The summed E-state index contributed by atoms with van der Waals surface area (Å²) < 4.78 is 16.7. The van der Waals surface area contributed by atoms with Crippen molar-refractivity contribution in [1.29, 1.82) is 0 Å². The van der Waals surface area contributed by atoms with E-state index in [1.165, 1.54) is 19.2 Å². The van der Waals surface area contributed by atoms with Crippen molar-refractivity contribution in [3.05, 3.63) is 98.9 Å². The molecule has 7 heteroatoms. The molecule has 34 heavy (non-hydrogen) atoms. The summed E-state index contributed by atoms with van der Waals surface area (Å²) in [5.41, 5.74) is 3.32. The maximum Gasteiger partial charge on any atom is 0.255 e. The molecule has 3 heterocycles. The molecular formula is C27H21ClFN3O2. The van der Waals surface area contributed by atoms with Crippen LogP contribution in [0.5, 0.6) is 0 Å². The quantitative estimate of drug-likeness (QED) is 0.246. The summed E-state index contributed by atoms with van der Waals surface area (Å²) in [5.74, 6) is -0.599. The van der Waals surface area contributed by atoms with Crippen LogP contribution in [0.25, 0.3) is 32.9 Å². The van der Waals surface area contributed by atoms with Crippen molar-refractivity contribution in [2.75, 3.05) is 0 Å². The average Bonchev–Trinajstić information content (AvgIpc) is 3.12. The Hall–Kier alpha value is -3.77. The number of pyridine rings is 2. The van der Waals surface area contributed by atoms with Gasteiger partial charge in [-0.3, -0.25) is 9.59 Å². The van der Waals surface area contributed by atoms with E-state index in [0.29, 0.717) is 50.4 Å². The van der Waals surface area contributed by atoms with Gasteiger partial charge in [-0.25, -0.2) is 9.37 Å². The van der Waals surface area contributed by atoms with E-state index in [1.54, 1.807) is 22.8 Å². The number of halogens is 2. The summed E-state index contributed by atoms with van der Waals surface area (Å²) in [6.45, 7) is 3.50. The lowest BCUT2D eigenvalue weighted by atomic mass is 9.99. The Bertz CT molecular complexity index is 1650. The van der Waals surface area contributed by atoms with Crippen LogP contribution in [-0.4, -0.2) is 20.3 Å². The van der Waals surface area contributed by atoms with Gasteiger partial charge in [-0.05, 0) is 48.4 Å². The van der Waals surface area contributed by atoms with Crippen LogP contribution in [0.3, 0.4) is 0 Å². The third-order valence-corrected chi connectivity index (χ3v) is 6.44. The summed E-state index contributed by atoms with van der Waals surface area (Å²) >= 11 is 6.53. The number of fused-ring (bicyclic) bond motifs is 2. The Morgan fingerprint density at radius 3 is 2.65 bits per heavy atom. The van der Waals surface area contributed by atoms with Gasteiger partial charge in [0, 0.05) is 40.6 Å². The first-order valence-electron chi connectivity index (χ1n) is 11.0. The van der Waals surface area contributed by atoms with E-state index < -0.39 is 0 Å². The predicted octanol–water partition coefficient (Wildman–Crippen LogP) is 6.15. The molecule has 0 radical (unpaired) electrons. The number of nitrogens with zero attached hydrogens (tertiary/aromatic N) is 2. The number of benzene rings is 2. The van der Waals surface area contributed by atoms with Gasteiger partial charge in [0.05, 0.1) is 23.3 Å². The Balaban J connectivity index is 1.85. The largest absolute Gasteiger partial charge is 0.333 e. The lowest BCUT2D eigenvalue weighted by molar-refractivity contribution is 0.101. The second-order valence-corrected chi connectivity index (χ2v) is 8.58. The summed E-state index contributed by atoms with van der Waals surface area (Å²) in [6, 6.07) is 16.1. The molecule has 5 rings (SSSR count). The number of Topliss-reactive ketones (excluding diaryl/α,β-unsaturated/α-hetero) is 1. The van der Waals surface area contributed by atoms with E-state index in [4.69, 9.17) is 11.6 Å². The minimum Gasteiger partial charge on any atom is -0.333 e. The summed E-state index contributed by atoms with van der Waals surface area (Å²) in [4.78, 5) is 32.9. The molecular weight excluding hydrogens is 453 g/mol. The summed E-state index contributed by atoms with van der Waals surface area (Å²) in [6.07, 6.45) is 2.02. The number of nitrogens with one attached hydrogen (secondary N) is 1. The zero-order chi connectivity index (χ0) is 24.0. The molecule has 0 bridgehead atoms. The maximum atomic E-state index is 14.9. The zero-order valence-corrected chi connectivity index (χ0v) is 19.4. The molecule has 0 aliphatic carbocycles. The van der Waals surface area contributed by atoms with Crippen molar-refractivity contribution in [1.82, 2.24) is 14.5 Å². The molecule has 5 aromatic rings. The third-order valence-electron chi connectivity index (χ3n) is 6.11. The van der Waals surface area contributed by atoms with Gasteiger partial charge in [0.2, 0.25) is 0 Å². The number of hydrogen-bond acceptors (Lipinski definition) is 3. The van der Waals surface area contributed by atoms with E-state index in [0.717, 1.165) is 10.9 Å².